The summed E-state index contributed by atoms with van der Waals surface area (Å²) in [7, 11) is 0. The Morgan fingerprint density at radius 1 is 0.213 bits per heavy atom. The van der Waals surface area contributed by atoms with Crippen molar-refractivity contribution in [1.29, 1.82) is 0 Å². The molecule has 2 aliphatic carbocycles. The second-order valence-corrected chi connectivity index (χ2v) is 15.9. The maximum absolute atomic E-state index is 5.11. The Bertz CT molecular complexity index is 3220. The van der Waals surface area contributed by atoms with Crippen LogP contribution in [0.5, 0.6) is 0 Å². The van der Waals surface area contributed by atoms with Crippen LogP contribution >= 0.6 is 0 Å². The van der Waals surface area contributed by atoms with E-state index < -0.39 is 0 Å². The normalized spacial score (nSPS) is 12.7. The first-order valence-corrected chi connectivity index (χ1v) is 20.9. The van der Waals surface area contributed by atoms with Gasteiger partial charge in [-0.05, 0) is 77.9 Å². The van der Waals surface area contributed by atoms with Crippen molar-refractivity contribution in [3.05, 3.63) is 247 Å². The third-order valence-corrected chi connectivity index (χ3v) is 12.6. The molecule has 0 aliphatic heterocycles. The lowest BCUT2D eigenvalue weighted by atomic mass is 9.70. The van der Waals surface area contributed by atoms with Gasteiger partial charge < -0.3 is 0 Å². The third-order valence-electron chi connectivity index (χ3n) is 12.6. The Kier molecular flexibility index (Phi) is 8.07. The number of rotatable bonds is 6. The van der Waals surface area contributed by atoms with Crippen molar-refractivity contribution in [2.75, 3.05) is 0 Å². The smallest absolute Gasteiger partial charge is 0.164 e. The summed E-state index contributed by atoms with van der Waals surface area (Å²) in [4.78, 5) is 15.2. The highest BCUT2D eigenvalue weighted by atomic mass is 15.0. The van der Waals surface area contributed by atoms with Crippen LogP contribution in [0.3, 0.4) is 0 Å². The van der Waals surface area contributed by atoms with Gasteiger partial charge in [-0.3, -0.25) is 0 Å². The average molecular weight is 776 g/mol. The van der Waals surface area contributed by atoms with Gasteiger partial charge in [0.2, 0.25) is 0 Å². The van der Waals surface area contributed by atoms with E-state index in [0.717, 1.165) is 33.4 Å². The molecule has 284 valence electrons. The van der Waals surface area contributed by atoms with Crippen LogP contribution in [-0.4, -0.2) is 15.0 Å². The molecular formula is C58H37N3. The van der Waals surface area contributed by atoms with Gasteiger partial charge in [-0.15, -0.1) is 0 Å². The van der Waals surface area contributed by atoms with E-state index in [-0.39, 0.29) is 5.41 Å². The lowest BCUT2D eigenvalue weighted by Gasteiger charge is -2.30. The summed E-state index contributed by atoms with van der Waals surface area (Å²) in [5.74, 6) is 1.92. The number of fused-ring (bicyclic) bond motifs is 10. The number of benzene rings is 9. The van der Waals surface area contributed by atoms with Gasteiger partial charge in [0.15, 0.2) is 17.5 Å². The molecular weight excluding hydrogens is 739 g/mol. The van der Waals surface area contributed by atoms with Crippen molar-refractivity contribution in [3.8, 4) is 89.8 Å². The fourth-order valence-corrected chi connectivity index (χ4v) is 9.83. The average Bonchev–Trinajstić information content (AvgIpc) is 3.82. The lowest BCUT2D eigenvalue weighted by Crippen LogP contribution is -2.25. The zero-order valence-corrected chi connectivity index (χ0v) is 33.2. The molecule has 2 aliphatic rings. The SMILES string of the molecule is c1ccc(-c2ccc(-c3ccc(-c4nc(-c5ccccc5)nc(-c5ccc(-c6cccc7c6-c6ccccc6C76c7ccccc7-c7ccccc76)cc5)n4)cc3)cc2)cc1. The summed E-state index contributed by atoms with van der Waals surface area (Å²) in [5.41, 5.74) is 20.1. The topological polar surface area (TPSA) is 38.7 Å². The molecule has 0 N–H and O–H groups in total. The maximum atomic E-state index is 5.11. The summed E-state index contributed by atoms with van der Waals surface area (Å²) in [6.07, 6.45) is 0. The molecule has 9 aromatic carbocycles. The van der Waals surface area contributed by atoms with Gasteiger partial charge in [-0.25, -0.2) is 15.0 Å². The molecule has 0 saturated carbocycles. The second kappa shape index (κ2) is 14.1. The first kappa shape index (κ1) is 35.0. The molecule has 0 unspecified atom stereocenters. The van der Waals surface area contributed by atoms with Crippen LogP contribution in [-0.2, 0) is 5.41 Å². The van der Waals surface area contributed by atoms with Crippen LogP contribution in [0.1, 0.15) is 22.3 Å². The summed E-state index contributed by atoms with van der Waals surface area (Å²) in [6, 6.07) is 80.4. The Balaban J connectivity index is 0.926. The molecule has 61 heavy (non-hydrogen) atoms. The molecule has 0 radical (unpaired) electrons. The predicted molar refractivity (Wildman–Crippen MR) is 249 cm³/mol. The van der Waals surface area contributed by atoms with E-state index in [9.17, 15) is 0 Å². The van der Waals surface area contributed by atoms with Crippen LogP contribution in [0.25, 0.3) is 89.8 Å². The lowest BCUT2D eigenvalue weighted by molar-refractivity contribution is 0.794. The molecule has 0 bridgehead atoms. The molecule has 10 aromatic rings. The van der Waals surface area contributed by atoms with Crippen molar-refractivity contribution in [2.24, 2.45) is 0 Å². The van der Waals surface area contributed by atoms with E-state index in [0.29, 0.717) is 17.5 Å². The fourth-order valence-electron chi connectivity index (χ4n) is 9.83. The zero-order valence-electron chi connectivity index (χ0n) is 33.2. The summed E-state index contributed by atoms with van der Waals surface area (Å²) < 4.78 is 0. The minimum atomic E-state index is -0.380. The van der Waals surface area contributed by atoms with E-state index in [4.69, 9.17) is 15.0 Å². The fraction of sp³-hybridized carbons (Fsp3) is 0.0172. The van der Waals surface area contributed by atoms with Gasteiger partial charge in [-0.2, -0.15) is 0 Å². The van der Waals surface area contributed by atoms with E-state index in [1.807, 2.05) is 24.3 Å². The standard InChI is InChI=1S/C58H37N3/c1-3-14-38(15-4-1)39-26-28-40(29-27-39)41-30-34-44(35-31-41)56-59-55(43-16-5-2-6-17-43)60-57(61-56)45-36-32-42(33-37-45)46-21-13-25-53-54(46)49-20-9-12-24-52(49)58(53)50-22-10-7-18-47(50)48-19-8-11-23-51(48)58/h1-37H. The van der Waals surface area contributed by atoms with Crippen LogP contribution in [0, 0.1) is 0 Å². The van der Waals surface area contributed by atoms with Crippen molar-refractivity contribution in [1.82, 2.24) is 15.0 Å². The summed E-state index contributed by atoms with van der Waals surface area (Å²) in [6.45, 7) is 0. The minimum absolute atomic E-state index is 0.380. The van der Waals surface area contributed by atoms with Crippen molar-refractivity contribution in [3.63, 3.8) is 0 Å². The van der Waals surface area contributed by atoms with E-state index in [1.54, 1.807) is 0 Å². The molecule has 1 aromatic heterocycles. The Morgan fingerprint density at radius 2 is 0.525 bits per heavy atom. The highest BCUT2D eigenvalue weighted by Gasteiger charge is 2.51. The molecule has 0 atom stereocenters. The number of aromatic nitrogens is 3. The van der Waals surface area contributed by atoms with Crippen LogP contribution in [0.15, 0.2) is 224 Å². The summed E-state index contributed by atoms with van der Waals surface area (Å²) >= 11 is 0. The first-order chi connectivity index (χ1) is 30.2. The Hall–Kier alpha value is -8.01. The van der Waals surface area contributed by atoms with Crippen molar-refractivity contribution < 1.29 is 0 Å². The van der Waals surface area contributed by atoms with Gasteiger partial charge in [0, 0.05) is 16.7 Å². The van der Waals surface area contributed by atoms with Crippen LogP contribution in [0.2, 0.25) is 0 Å². The number of nitrogens with zero attached hydrogens (tertiary/aromatic N) is 3. The second-order valence-electron chi connectivity index (χ2n) is 15.9. The van der Waals surface area contributed by atoms with E-state index in [2.05, 4.69) is 200 Å². The molecule has 1 heterocycles. The highest BCUT2D eigenvalue weighted by molar-refractivity contribution is 6.00. The molecule has 3 nitrogen and oxygen atoms in total. The van der Waals surface area contributed by atoms with Gasteiger partial charge in [0.05, 0.1) is 5.41 Å². The summed E-state index contributed by atoms with van der Waals surface area (Å²) in [5, 5.41) is 0. The van der Waals surface area contributed by atoms with E-state index >= 15 is 0 Å². The predicted octanol–water partition coefficient (Wildman–Crippen LogP) is 14.2. The highest BCUT2D eigenvalue weighted by Crippen LogP contribution is 2.63. The first-order valence-electron chi connectivity index (χ1n) is 20.9. The number of hydrogen-bond acceptors (Lipinski definition) is 3. The largest absolute Gasteiger partial charge is 0.208 e. The zero-order chi connectivity index (χ0) is 40.3. The van der Waals surface area contributed by atoms with Gasteiger partial charge in [-0.1, -0.05) is 224 Å². The Morgan fingerprint density at radius 3 is 1.02 bits per heavy atom. The van der Waals surface area contributed by atoms with Crippen LogP contribution in [0.4, 0.5) is 0 Å². The molecule has 0 amide bonds. The van der Waals surface area contributed by atoms with E-state index in [1.165, 1.54) is 61.2 Å². The van der Waals surface area contributed by atoms with Gasteiger partial charge in [0.25, 0.3) is 0 Å². The monoisotopic (exact) mass is 775 g/mol. The Labute approximate surface area is 355 Å². The quantitative estimate of drug-likeness (QED) is 0.169. The number of hydrogen-bond donors (Lipinski definition) is 0. The van der Waals surface area contributed by atoms with Crippen molar-refractivity contribution >= 4 is 0 Å². The van der Waals surface area contributed by atoms with Crippen molar-refractivity contribution in [2.45, 2.75) is 5.41 Å². The molecule has 0 fully saturated rings. The minimum Gasteiger partial charge on any atom is -0.208 e. The molecule has 3 heteroatoms. The van der Waals surface area contributed by atoms with Gasteiger partial charge in [0.1, 0.15) is 0 Å². The molecule has 12 rings (SSSR count). The van der Waals surface area contributed by atoms with Crippen LogP contribution < -0.4 is 0 Å². The third kappa shape index (κ3) is 5.55. The molecule has 0 saturated heterocycles. The molecule has 1 spiro atoms. The van der Waals surface area contributed by atoms with Gasteiger partial charge >= 0.3 is 0 Å². The maximum Gasteiger partial charge on any atom is 0.164 e.